The zero-order chi connectivity index (χ0) is 30.9. The highest BCUT2D eigenvalue weighted by Gasteiger charge is 2.36. The summed E-state index contributed by atoms with van der Waals surface area (Å²) in [7, 11) is 0. The second-order valence-corrected chi connectivity index (χ2v) is 12.2. The lowest BCUT2D eigenvalue weighted by Crippen LogP contribution is -2.53. The molecule has 8 heteroatoms. The standard InChI is InChI=1S/C34H45N3O4S/c1-7-8-9-12-17-37(32(39)29(22-42)36-33(40)41-34(4,5)6)30(27-19-23(2)18-24(3)20-27)31(38)35-28-16-15-25-13-10-11-14-26(25)21-28/h10-11,13-16,18-21,29-30,42H,7-9,12,17,22H2,1-6H3,(H,35,38)(H,36,40). The van der Waals surface area contributed by atoms with Gasteiger partial charge in [-0.3, -0.25) is 9.59 Å². The molecule has 7 nitrogen and oxygen atoms in total. The van der Waals surface area contributed by atoms with Crippen molar-refractivity contribution >= 4 is 47.0 Å². The summed E-state index contributed by atoms with van der Waals surface area (Å²) in [4.78, 5) is 42.6. The van der Waals surface area contributed by atoms with Crippen LogP contribution in [0.25, 0.3) is 10.8 Å². The molecule has 3 rings (SSSR count). The molecule has 0 bridgehead atoms. The summed E-state index contributed by atoms with van der Waals surface area (Å²) >= 11 is 4.40. The highest BCUT2D eigenvalue weighted by molar-refractivity contribution is 7.80. The lowest BCUT2D eigenvalue weighted by molar-refractivity contribution is -0.140. The minimum absolute atomic E-state index is 0.0510. The van der Waals surface area contributed by atoms with Crippen LogP contribution in [-0.4, -0.2) is 46.7 Å². The van der Waals surface area contributed by atoms with Crippen molar-refractivity contribution in [2.75, 3.05) is 17.6 Å². The molecule has 2 unspecified atom stereocenters. The Labute approximate surface area is 255 Å². The van der Waals surface area contributed by atoms with Gasteiger partial charge in [0.1, 0.15) is 17.7 Å². The molecule has 0 heterocycles. The predicted octanol–water partition coefficient (Wildman–Crippen LogP) is 7.37. The third-order valence-electron chi connectivity index (χ3n) is 6.84. The van der Waals surface area contributed by atoms with Crippen molar-refractivity contribution in [2.24, 2.45) is 0 Å². The van der Waals surface area contributed by atoms with Crippen LogP contribution in [0.2, 0.25) is 0 Å². The topological polar surface area (TPSA) is 87.7 Å². The third-order valence-corrected chi connectivity index (χ3v) is 7.21. The number of hydrogen-bond donors (Lipinski definition) is 3. The number of nitrogens with zero attached hydrogens (tertiary/aromatic N) is 1. The van der Waals surface area contributed by atoms with Crippen molar-refractivity contribution in [3.63, 3.8) is 0 Å². The van der Waals surface area contributed by atoms with Crippen LogP contribution in [0.15, 0.2) is 60.7 Å². The minimum Gasteiger partial charge on any atom is -0.444 e. The molecule has 2 atom stereocenters. The molecule has 0 aliphatic heterocycles. The summed E-state index contributed by atoms with van der Waals surface area (Å²) < 4.78 is 5.42. The van der Waals surface area contributed by atoms with E-state index in [1.165, 1.54) is 0 Å². The van der Waals surface area contributed by atoms with E-state index in [9.17, 15) is 14.4 Å². The Balaban J connectivity index is 2.02. The molecule has 2 N–H and O–H groups in total. The van der Waals surface area contributed by atoms with Crippen LogP contribution < -0.4 is 10.6 Å². The molecule has 0 aliphatic rings. The van der Waals surface area contributed by atoms with Crippen molar-refractivity contribution in [1.29, 1.82) is 0 Å². The normalized spacial score (nSPS) is 12.8. The maximum absolute atomic E-state index is 14.2. The lowest BCUT2D eigenvalue weighted by Gasteiger charge is -2.34. The van der Waals surface area contributed by atoms with Gasteiger partial charge in [-0.1, -0.05) is 85.8 Å². The van der Waals surface area contributed by atoms with Crippen LogP contribution in [0, 0.1) is 13.8 Å². The number of carbonyl (C=O) groups is 3. The maximum Gasteiger partial charge on any atom is 0.408 e. The number of alkyl carbamates (subject to hydrolysis) is 1. The first kappa shape index (κ1) is 33.0. The highest BCUT2D eigenvalue weighted by atomic mass is 32.1. The lowest BCUT2D eigenvalue weighted by atomic mass is 9.98. The number of amides is 3. The van der Waals surface area contributed by atoms with Gasteiger partial charge in [0.2, 0.25) is 5.91 Å². The zero-order valence-corrected chi connectivity index (χ0v) is 26.6. The number of anilines is 1. The smallest absolute Gasteiger partial charge is 0.408 e. The van der Waals surface area contributed by atoms with E-state index in [1.54, 1.807) is 25.7 Å². The molecular formula is C34H45N3O4S. The van der Waals surface area contributed by atoms with E-state index in [0.29, 0.717) is 17.8 Å². The molecule has 0 radical (unpaired) electrons. The van der Waals surface area contributed by atoms with Gasteiger partial charge in [-0.2, -0.15) is 12.6 Å². The van der Waals surface area contributed by atoms with Crippen LogP contribution in [0.1, 0.15) is 76.1 Å². The Hall–Kier alpha value is -3.52. The minimum atomic E-state index is -0.976. The molecule has 0 saturated carbocycles. The van der Waals surface area contributed by atoms with E-state index in [0.717, 1.165) is 47.6 Å². The van der Waals surface area contributed by atoms with E-state index in [2.05, 4.69) is 30.2 Å². The van der Waals surface area contributed by atoms with Gasteiger partial charge in [0.15, 0.2) is 0 Å². The predicted molar refractivity (Wildman–Crippen MR) is 174 cm³/mol. The maximum atomic E-state index is 14.2. The third kappa shape index (κ3) is 9.51. The average molecular weight is 592 g/mol. The number of ether oxygens (including phenoxy) is 1. The number of fused-ring (bicyclic) bond motifs is 1. The molecular weight excluding hydrogens is 546 g/mol. The van der Waals surface area contributed by atoms with Gasteiger partial charge in [0, 0.05) is 18.0 Å². The number of hydrogen-bond acceptors (Lipinski definition) is 5. The summed E-state index contributed by atoms with van der Waals surface area (Å²) in [5.74, 6) is -0.658. The second-order valence-electron chi connectivity index (χ2n) is 11.8. The average Bonchev–Trinajstić information content (AvgIpc) is 2.91. The summed E-state index contributed by atoms with van der Waals surface area (Å²) in [6, 6.07) is 17.7. The first-order chi connectivity index (χ1) is 19.9. The van der Waals surface area contributed by atoms with Crippen molar-refractivity contribution < 1.29 is 19.1 Å². The van der Waals surface area contributed by atoms with E-state index >= 15 is 0 Å². The number of nitrogens with one attached hydrogen (secondary N) is 2. The Morgan fingerprint density at radius 1 is 0.905 bits per heavy atom. The molecule has 0 aromatic heterocycles. The summed E-state index contributed by atoms with van der Waals surface area (Å²) in [5.41, 5.74) is 2.61. The zero-order valence-electron chi connectivity index (χ0n) is 25.7. The van der Waals surface area contributed by atoms with Crippen LogP contribution in [0.3, 0.4) is 0 Å². The molecule has 0 saturated heterocycles. The fraction of sp³-hybridized carbons (Fsp3) is 0.441. The Kier molecular flexibility index (Phi) is 11.9. The molecule has 226 valence electrons. The Morgan fingerprint density at radius 2 is 1.57 bits per heavy atom. The van der Waals surface area contributed by atoms with Crippen LogP contribution in [0.5, 0.6) is 0 Å². The van der Waals surface area contributed by atoms with Crippen molar-refractivity contribution in [3.05, 3.63) is 77.4 Å². The van der Waals surface area contributed by atoms with E-state index in [1.807, 2.05) is 74.5 Å². The summed E-state index contributed by atoms with van der Waals surface area (Å²) in [6.07, 6.45) is 2.99. The quantitative estimate of drug-likeness (QED) is 0.152. The Morgan fingerprint density at radius 3 is 2.19 bits per heavy atom. The first-order valence-corrected chi connectivity index (χ1v) is 15.3. The fourth-order valence-corrected chi connectivity index (χ4v) is 5.28. The molecule has 3 aromatic carbocycles. The monoisotopic (exact) mass is 591 g/mol. The number of thiol groups is 1. The van der Waals surface area contributed by atoms with Gasteiger partial charge in [0.05, 0.1) is 0 Å². The number of unbranched alkanes of at least 4 members (excludes halogenated alkanes) is 3. The molecule has 0 spiro atoms. The number of aryl methyl sites for hydroxylation is 2. The fourth-order valence-electron chi connectivity index (χ4n) is 5.03. The molecule has 3 aromatic rings. The van der Waals surface area contributed by atoms with Crippen LogP contribution in [-0.2, 0) is 14.3 Å². The number of rotatable bonds is 12. The van der Waals surface area contributed by atoms with Gasteiger partial charge in [-0.25, -0.2) is 4.79 Å². The number of carbonyl (C=O) groups excluding carboxylic acids is 3. The van der Waals surface area contributed by atoms with Crippen molar-refractivity contribution in [2.45, 2.75) is 84.9 Å². The van der Waals surface area contributed by atoms with Gasteiger partial charge in [0.25, 0.3) is 5.91 Å². The highest BCUT2D eigenvalue weighted by Crippen LogP contribution is 2.28. The summed E-state index contributed by atoms with van der Waals surface area (Å²) in [5, 5.41) is 7.83. The SMILES string of the molecule is CCCCCCN(C(=O)C(CS)NC(=O)OC(C)(C)C)C(C(=O)Nc1ccc2ccccc2c1)c1cc(C)cc(C)c1. The van der Waals surface area contributed by atoms with Crippen LogP contribution >= 0.6 is 12.6 Å². The van der Waals surface area contributed by atoms with E-state index < -0.39 is 23.8 Å². The largest absolute Gasteiger partial charge is 0.444 e. The van der Waals surface area contributed by atoms with Gasteiger partial charge >= 0.3 is 6.09 Å². The molecule has 3 amide bonds. The van der Waals surface area contributed by atoms with Crippen LogP contribution in [0.4, 0.5) is 10.5 Å². The molecule has 0 aliphatic carbocycles. The van der Waals surface area contributed by atoms with Gasteiger partial charge in [-0.05, 0) is 69.5 Å². The van der Waals surface area contributed by atoms with E-state index in [-0.39, 0.29) is 17.6 Å². The Bertz CT molecular complexity index is 1360. The molecule has 42 heavy (non-hydrogen) atoms. The van der Waals surface area contributed by atoms with Gasteiger partial charge < -0.3 is 20.3 Å². The van der Waals surface area contributed by atoms with E-state index in [4.69, 9.17) is 4.74 Å². The summed E-state index contributed by atoms with van der Waals surface area (Å²) in [6.45, 7) is 11.7. The van der Waals surface area contributed by atoms with Crippen molar-refractivity contribution in [3.8, 4) is 0 Å². The first-order valence-electron chi connectivity index (χ1n) is 14.7. The molecule has 0 fully saturated rings. The number of benzene rings is 3. The second kappa shape index (κ2) is 15.1. The van der Waals surface area contributed by atoms with Gasteiger partial charge in [-0.15, -0.1) is 0 Å². The van der Waals surface area contributed by atoms with Crippen molar-refractivity contribution in [1.82, 2.24) is 10.2 Å².